The van der Waals surface area contributed by atoms with Crippen LogP contribution >= 0.6 is 11.3 Å². The Morgan fingerprint density at radius 3 is 2.81 bits per heavy atom. The van der Waals surface area contributed by atoms with Crippen LogP contribution in [0.1, 0.15) is 24.1 Å². The van der Waals surface area contributed by atoms with Crippen molar-refractivity contribution in [1.29, 1.82) is 0 Å². The summed E-state index contributed by atoms with van der Waals surface area (Å²) in [5.74, 6) is 0. The number of aliphatic imine (C=N–C) groups is 1. The monoisotopic (exact) mass is 341 g/mol. The average Bonchev–Trinajstić information content (AvgIpc) is 2.78. The van der Waals surface area contributed by atoms with Crippen molar-refractivity contribution in [2.45, 2.75) is 19.3 Å². The third kappa shape index (κ3) is 2.28. The average molecular weight is 340 g/mol. The molecule has 84 valence electrons. The Labute approximate surface area is 117 Å². The first kappa shape index (κ1) is 12.4. The molecular formula is C11H15N3SSn. The summed E-state index contributed by atoms with van der Waals surface area (Å²) >= 11 is 1.78. The van der Waals surface area contributed by atoms with E-state index >= 15 is 0 Å². The molecule has 0 unspecified atom stereocenters. The van der Waals surface area contributed by atoms with Gasteiger partial charge in [0.05, 0.1) is 10.6 Å². The summed E-state index contributed by atoms with van der Waals surface area (Å²) in [5.41, 5.74) is 1.34. The maximum atomic E-state index is 4.42. The Bertz CT molecular complexity index is 371. The minimum atomic E-state index is 0. The van der Waals surface area contributed by atoms with Gasteiger partial charge in [0.15, 0.2) is 0 Å². The van der Waals surface area contributed by atoms with E-state index in [0.29, 0.717) is 0 Å². The van der Waals surface area contributed by atoms with E-state index in [2.05, 4.69) is 26.5 Å². The molecular weight excluding hydrogens is 325 g/mol. The number of hydrogen-bond donors (Lipinski definition) is 0. The first-order valence-corrected chi connectivity index (χ1v) is 6.43. The summed E-state index contributed by atoms with van der Waals surface area (Å²) in [6.45, 7) is 3.17. The molecule has 4 radical (unpaired) electrons. The Kier molecular flexibility index (Phi) is 4.27. The molecule has 1 fully saturated rings. The molecule has 1 aromatic heterocycles. The van der Waals surface area contributed by atoms with Gasteiger partial charge < -0.3 is 0 Å². The molecule has 3 nitrogen and oxygen atoms in total. The molecule has 2 aliphatic rings. The number of thiophene rings is 1. The Balaban J connectivity index is 0.000000963. The van der Waals surface area contributed by atoms with Crippen molar-refractivity contribution in [2.75, 3.05) is 24.8 Å². The van der Waals surface area contributed by atoms with Crippen molar-refractivity contribution in [1.82, 2.24) is 5.01 Å². The van der Waals surface area contributed by atoms with Crippen LogP contribution in [0.25, 0.3) is 0 Å². The standard InChI is InChI=1S/C11H15N3S.Sn/c1-2-5-13(6-3-1)14-9-12-8-11-10(14)4-7-15-11;/h4,7-8H,1-3,5-6,9H2;. The van der Waals surface area contributed by atoms with Crippen LogP contribution in [-0.2, 0) is 0 Å². The molecule has 1 saturated heterocycles. The van der Waals surface area contributed by atoms with E-state index in [1.165, 1.54) is 42.9 Å². The smallest absolute Gasteiger partial charge is 0.125 e. The summed E-state index contributed by atoms with van der Waals surface area (Å²) in [6, 6.07) is 2.21. The van der Waals surface area contributed by atoms with E-state index in [1.54, 1.807) is 11.3 Å². The van der Waals surface area contributed by atoms with E-state index in [4.69, 9.17) is 0 Å². The van der Waals surface area contributed by atoms with Crippen molar-refractivity contribution in [3.63, 3.8) is 0 Å². The Hall–Kier alpha value is -0.0713. The molecule has 0 atom stereocenters. The molecule has 0 aromatic carbocycles. The van der Waals surface area contributed by atoms with Crippen LogP contribution < -0.4 is 5.01 Å². The van der Waals surface area contributed by atoms with Crippen LogP contribution in [0, 0.1) is 0 Å². The molecule has 0 aliphatic carbocycles. The molecule has 2 aliphatic heterocycles. The van der Waals surface area contributed by atoms with Gasteiger partial charge in [-0.3, -0.25) is 10.0 Å². The number of hydrogen-bond acceptors (Lipinski definition) is 4. The number of rotatable bonds is 1. The second kappa shape index (κ2) is 5.51. The minimum Gasteiger partial charge on any atom is -0.283 e. The van der Waals surface area contributed by atoms with Crippen molar-refractivity contribution >= 4 is 47.1 Å². The van der Waals surface area contributed by atoms with E-state index < -0.39 is 0 Å². The molecule has 3 rings (SSSR count). The van der Waals surface area contributed by atoms with Crippen LogP contribution in [0.3, 0.4) is 0 Å². The minimum absolute atomic E-state index is 0. The van der Waals surface area contributed by atoms with Gasteiger partial charge in [0.25, 0.3) is 0 Å². The van der Waals surface area contributed by atoms with Gasteiger partial charge >= 0.3 is 0 Å². The normalized spacial score (nSPS) is 20.4. The van der Waals surface area contributed by atoms with Gasteiger partial charge in [0.1, 0.15) is 6.67 Å². The maximum Gasteiger partial charge on any atom is 0.125 e. The molecule has 16 heavy (non-hydrogen) atoms. The number of hydrazine groups is 1. The van der Waals surface area contributed by atoms with Gasteiger partial charge in [-0.15, -0.1) is 11.3 Å². The van der Waals surface area contributed by atoms with E-state index in [1.807, 2.05) is 6.21 Å². The van der Waals surface area contributed by atoms with Crippen molar-refractivity contribution < 1.29 is 0 Å². The first-order chi connectivity index (χ1) is 7.45. The Morgan fingerprint density at radius 1 is 1.19 bits per heavy atom. The second-order valence-corrected chi connectivity index (χ2v) is 4.98. The molecule has 1 aromatic rings. The van der Waals surface area contributed by atoms with E-state index in [-0.39, 0.29) is 23.9 Å². The number of nitrogens with zero attached hydrogens (tertiary/aromatic N) is 3. The summed E-state index contributed by atoms with van der Waals surface area (Å²) < 4.78 is 0. The third-order valence-electron chi connectivity index (χ3n) is 3.05. The predicted octanol–water partition coefficient (Wildman–Crippen LogP) is 1.96. The zero-order chi connectivity index (χ0) is 10.1. The Morgan fingerprint density at radius 2 is 2.00 bits per heavy atom. The molecule has 0 saturated carbocycles. The number of anilines is 1. The van der Waals surface area contributed by atoms with Gasteiger partial charge in [0.2, 0.25) is 0 Å². The van der Waals surface area contributed by atoms with Gasteiger partial charge in [0, 0.05) is 43.2 Å². The summed E-state index contributed by atoms with van der Waals surface area (Å²) in [7, 11) is 0. The van der Waals surface area contributed by atoms with Crippen LogP contribution in [0.15, 0.2) is 16.4 Å². The molecule has 0 amide bonds. The van der Waals surface area contributed by atoms with Crippen LogP contribution in [0.5, 0.6) is 0 Å². The number of fused-ring (bicyclic) bond motifs is 1. The number of piperidine rings is 1. The topological polar surface area (TPSA) is 18.8 Å². The van der Waals surface area contributed by atoms with Crippen LogP contribution in [0.4, 0.5) is 5.69 Å². The first-order valence-electron chi connectivity index (χ1n) is 5.55. The summed E-state index contributed by atoms with van der Waals surface area (Å²) in [6.07, 6.45) is 6.02. The fourth-order valence-corrected chi connectivity index (χ4v) is 3.03. The van der Waals surface area contributed by atoms with Gasteiger partial charge in [-0.1, -0.05) is 6.42 Å². The SMILES string of the molecule is C1=NCN(N2CCCCC2)c2ccsc21.[Sn]. The van der Waals surface area contributed by atoms with Gasteiger partial charge in [-0.2, -0.15) is 0 Å². The van der Waals surface area contributed by atoms with Crippen LogP contribution in [0.2, 0.25) is 0 Å². The quantitative estimate of drug-likeness (QED) is 0.728. The van der Waals surface area contributed by atoms with Gasteiger partial charge in [-0.05, 0) is 24.3 Å². The molecule has 0 spiro atoms. The van der Waals surface area contributed by atoms with Crippen molar-refractivity contribution in [3.8, 4) is 0 Å². The molecule has 3 heterocycles. The van der Waals surface area contributed by atoms with Crippen LogP contribution in [-0.4, -0.2) is 54.9 Å². The zero-order valence-electron chi connectivity index (χ0n) is 9.22. The predicted molar refractivity (Wildman–Crippen MR) is 70.4 cm³/mol. The molecule has 0 N–H and O–H groups in total. The molecule has 5 heteroatoms. The van der Waals surface area contributed by atoms with Gasteiger partial charge in [-0.25, -0.2) is 5.01 Å². The fourth-order valence-electron chi connectivity index (χ4n) is 2.26. The fraction of sp³-hybridized carbons (Fsp3) is 0.545. The third-order valence-corrected chi connectivity index (χ3v) is 3.89. The van der Waals surface area contributed by atoms with E-state index in [0.717, 1.165) is 6.67 Å². The second-order valence-electron chi connectivity index (χ2n) is 4.04. The largest absolute Gasteiger partial charge is 0.283 e. The molecule has 0 bridgehead atoms. The van der Waals surface area contributed by atoms with Crippen molar-refractivity contribution in [2.24, 2.45) is 4.99 Å². The maximum absolute atomic E-state index is 4.42. The van der Waals surface area contributed by atoms with Crippen molar-refractivity contribution in [3.05, 3.63) is 16.3 Å². The zero-order valence-corrected chi connectivity index (χ0v) is 12.9. The summed E-state index contributed by atoms with van der Waals surface area (Å²) in [5, 5.41) is 6.94. The summed E-state index contributed by atoms with van der Waals surface area (Å²) in [4.78, 5) is 5.71. The van der Waals surface area contributed by atoms with E-state index in [9.17, 15) is 0 Å².